The number of hydrogen-bond donors (Lipinski definition) is 0. The first-order valence-corrected chi connectivity index (χ1v) is 15.9. The molecule has 3 heterocycles. The normalized spacial score (nSPS) is 11.5. The van der Waals surface area contributed by atoms with Gasteiger partial charge in [0.05, 0.1) is 10.2 Å². The number of aromatic nitrogens is 4. The third kappa shape index (κ3) is 4.64. The summed E-state index contributed by atoms with van der Waals surface area (Å²) in [6.45, 7) is 0. The van der Waals surface area contributed by atoms with Crippen LogP contribution in [0.15, 0.2) is 150 Å². The lowest BCUT2D eigenvalue weighted by Gasteiger charge is -2.10. The fraction of sp³-hybridized carbons (Fsp3) is 0. The van der Waals surface area contributed by atoms with E-state index >= 15 is 0 Å². The number of nitrogens with zero attached hydrogens (tertiary/aromatic N) is 4. The van der Waals surface area contributed by atoms with Gasteiger partial charge in [0, 0.05) is 39.1 Å². The summed E-state index contributed by atoms with van der Waals surface area (Å²) in [6.07, 6.45) is 0. The quantitative estimate of drug-likeness (QED) is 0.194. The van der Waals surface area contributed by atoms with E-state index in [1.165, 1.54) is 0 Å². The molecule has 0 aliphatic rings. The molecule has 0 spiro atoms. The molecule has 216 valence electrons. The third-order valence-corrected chi connectivity index (χ3v) is 9.22. The zero-order valence-corrected chi connectivity index (χ0v) is 25.3. The van der Waals surface area contributed by atoms with E-state index in [9.17, 15) is 0 Å². The van der Waals surface area contributed by atoms with Crippen molar-refractivity contribution in [3.63, 3.8) is 0 Å². The van der Waals surface area contributed by atoms with Crippen molar-refractivity contribution in [1.29, 1.82) is 0 Å². The fourth-order valence-corrected chi connectivity index (χ4v) is 6.94. The molecule has 9 rings (SSSR count). The van der Waals surface area contributed by atoms with E-state index in [1.807, 2.05) is 91.0 Å². The Morgan fingerprint density at radius 3 is 1.67 bits per heavy atom. The van der Waals surface area contributed by atoms with Crippen LogP contribution in [-0.2, 0) is 0 Å². The molecule has 0 radical (unpaired) electrons. The van der Waals surface area contributed by atoms with Gasteiger partial charge in [-0.2, -0.15) is 0 Å². The molecule has 0 unspecified atom stereocenters. The first-order chi connectivity index (χ1) is 22.8. The molecule has 0 saturated carbocycles. The first kappa shape index (κ1) is 26.4. The SMILES string of the molecule is c1ccc(-c2nc(-c3ccccc3)nc(-c3cccc(-c4cccc5oc6cc7sc(-c8ccccc8)nc7cc6c45)c3)n2)cc1. The van der Waals surface area contributed by atoms with Crippen molar-refractivity contribution in [2.75, 3.05) is 0 Å². The van der Waals surface area contributed by atoms with Crippen LogP contribution in [0.5, 0.6) is 0 Å². The van der Waals surface area contributed by atoms with Crippen molar-refractivity contribution >= 4 is 43.5 Å². The minimum absolute atomic E-state index is 0.622. The predicted octanol–water partition coefficient (Wildman–Crippen LogP) is 10.7. The molecule has 6 aromatic carbocycles. The highest BCUT2D eigenvalue weighted by atomic mass is 32.1. The van der Waals surface area contributed by atoms with Gasteiger partial charge in [-0.05, 0) is 29.3 Å². The van der Waals surface area contributed by atoms with Crippen molar-refractivity contribution in [3.05, 3.63) is 146 Å². The van der Waals surface area contributed by atoms with Gasteiger partial charge in [0.15, 0.2) is 17.5 Å². The predicted molar refractivity (Wildman–Crippen MR) is 187 cm³/mol. The van der Waals surface area contributed by atoms with E-state index in [2.05, 4.69) is 54.6 Å². The van der Waals surface area contributed by atoms with Gasteiger partial charge < -0.3 is 4.42 Å². The molecule has 0 amide bonds. The Balaban J connectivity index is 1.19. The molecule has 6 heteroatoms. The maximum atomic E-state index is 6.43. The highest BCUT2D eigenvalue weighted by molar-refractivity contribution is 7.21. The van der Waals surface area contributed by atoms with Gasteiger partial charge in [0.1, 0.15) is 16.2 Å². The third-order valence-electron chi connectivity index (χ3n) is 8.16. The molecule has 0 fully saturated rings. The molecule has 0 atom stereocenters. The number of fused-ring (bicyclic) bond motifs is 4. The van der Waals surface area contributed by atoms with Gasteiger partial charge in [-0.3, -0.25) is 0 Å². The molecular weight excluding hydrogens is 585 g/mol. The maximum Gasteiger partial charge on any atom is 0.164 e. The molecule has 0 saturated heterocycles. The zero-order valence-electron chi connectivity index (χ0n) is 24.5. The van der Waals surface area contributed by atoms with Crippen molar-refractivity contribution in [2.45, 2.75) is 0 Å². The van der Waals surface area contributed by atoms with Crippen LogP contribution in [0, 0.1) is 0 Å². The smallest absolute Gasteiger partial charge is 0.164 e. The van der Waals surface area contributed by atoms with Crippen LogP contribution in [0.3, 0.4) is 0 Å². The molecule has 5 nitrogen and oxygen atoms in total. The van der Waals surface area contributed by atoms with E-state index in [0.29, 0.717) is 17.5 Å². The summed E-state index contributed by atoms with van der Waals surface area (Å²) in [4.78, 5) is 19.8. The van der Waals surface area contributed by atoms with Gasteiger partial charge >= 0.3 is 0 Å². The Labute approximate surface area is 268 Å². The number of rotatable bonds is 5. The molecule has 9 aromatic rings. The number of benzene rings is 6. The minimum Gasteiger partial charge on any atom is -0.456 e. The summed E-state index contributed by atoms with van der Waals surface area (Å²) in [5, 5.41) is 3.12. The lowest BCUT2D eigenvalue weighted by atomic mass is 9.97. The van der Waals surface area contributed by atoms with Gasteiger partial charge in [0.2, 0.25) is 0 Å². The van der Waals surface area contributed by atoms with Gasteiger partial charge in [0.25, 0.3) is 0 Å². The van der Waals surface area contributed by atoms with Crippen molar-refractivity contribution in [1.82, 2.24) is 19.9 Å². The van der Waals surface area contributed by atoms with Crippen LogP contribution < -0.4 is 0 Å². The summed E-state index contributed by atoms with van der Waals surface area (Å²) in [5.74, 6) is 1.90. The molecular formula is C40H24N4OS. The second kappa shape index (κ2) is 10.9. The Kier molecular flexibility index (Phi) is 6.25. The standard InChI is InChI=1S/C40H24N4OS/c1-4-12-25(13-5-1)37-42-38(26-14-6-2-7-15-26)44-39(43-37)29-19-10-18-28(22-29)30-20-11-21-33-36(30)31-23-32-35(24-34(31)45-33)46-40(41-32)27-16-8-3-9-17-27/h1-24H. The van der Waals surface area contributed by atoms with E-state index in [4.69, 9.17) is 24.4 Å². The van der Waals surface area contributed by atoms with Crippen LogP contribution in [0.2, 0.25) is 0 Å². The van der Waals surface area contributed by atoms with Crippen LogP contribution in [0.4, 0.5) is 0 Å². The summed E-state index contributed by atoms with van der Waals surface area (Å²) in [6, 6.07) is 49.3. The second-order valence-corrected chi connectivity index (χ2v) is 12.1. The summed E-state index contributed by atoms with van der Waals surface area (Å²) >= 11 is 1.68. The molecule has 0 bridgehead atoms. The Morgan fingerprint density at radius 1 is 0.435 bits per heavy atom. The largest absolute Gasteiger partial charge is 0.456 e. The minimum atomic E-state index is 0.622. The van der Waals surface area contributed by atoms with Crippen LogP contribution in [0.1, 0.15) is 0 Å². The first-order valence-electron chi connectivity index (χ1n) is 15.1. The van der Waals surface area contributed by atoms with E-state index in [0.717, 1.165) is 70.5 Å². The zero-order chi connectivity index (χ0) is 30.5. The topological polar surface area (TPSA) is 64.7 Å². The Hall–Kier alpha value is -5.98. The van der Waals surface area contributed by atoms with Gasteiger partial charge in [-0.25, -0.2) is 19.9 Å². The molecule has 0 aliphatic heterocycles. The van der Waals surface area contributed by atoms with Crippen LogP contribution >= 0.6 is 11.3 Å². The number of thiazole rings is 1. The van der Waals surface area contributed by atoms with E-state index in [-0.39, 0.29) is 0 Å². The van der Waals surface area contributed by atoms with Gasteiger partial charge in [-0.1, -0.05) is 121 Å². The summed E-state index contributed by atoms with van der Waals surface area (Å²) in [7, 11) is 0. The van der Waals surface area contributed by atoms with Crippen LogP contribution in [-0.4, -0.2) is 19.9 Å². The Bertz CT molecular complexity index is 2470. The molecule has 0 N–H and O–H groups in total. The van der Waals surface area contributed by atoms with Crippen molar-refractivity contribution in [2.24, 2.45) is 0 Å². The van der Waals surface area contributed by atoms with Crippen molar-refractivity contribution in [3.8, 4) is 55.9 Å². The van der Waals surface area contributed by atoms with E-state index in [1.54, 1.807) is 11.3 Å². The lowest BCUT2D eigenvalue weighted by molar-refractivity contribution is 0.669. The molecule has 46 heavy (non-hydrogen) atoms. The average molecular weight is 609 g/mol. The lowest BCUT2D eigenvalue weighted by Crippen LogP contribution is -2.00. The molecule has 3 aromatic heterocycles. The fourth-order valence-electron chi connectivity index (χ4n) is 5.96. The average Bonchev–Trinajstić information content (AvgIpc) is 3.72. The highest BCUT2D eigenvalue weighted by Crippen LogP contribution is 2.41. The van der Waals surface area contributed by atoms with E-state index < -0.39 is 0 Å². The monoisotopic (exact) mass is 608 g/mol. The van der Waals surface area contributed by atoms with Gasteiger partial charge in [-0.15, -0.1) is 11.3 Å². The molecule has 0 aliphatic carbocycles. The highest BCUT2D eigenvalue weighted by Gasteiger charge is 2.17. The Morgan fingerprint density at radius 2 is 1.00 bits per heavy atom. The number of hydrogen-bond acceptors (Lipinski definition) is 6. The van der Waals surface area contributed by atoms with Crippen molar-refractivity contribution < 1.29 is 4.42 Å². The number of furan rings is 1. The maximum absolute atomic E-state index is 6.43. The van der Waals surface area contributed by atoms with Crippen LogP contribution in [0.25, 0.3) is 88.0 Å². The summed E-state index contributed by atoms with van der Waals surface area (Å²) < 4.78 is 7.53. The second-order valence-electron chi connectivity index (χ2n) is 11.1. The summed E-state index contributed by atoms with van der Waals surface area (Å²) in [5.41, 5.74) is 8.71.